The largest absolute Gasteiger partial charge is 0.384 e. The number of carbonyl (C=O) groups excluding carboxylic acids is 1. The molecule has 1 heterocycles. The fraction of sp³-hybridized carbons (Fsp3) is 0.316. The third-order valence-electron chi connectivity index (χ3n) is 4.25. The van der Waals surface area contributed by atoms with Crippen LogP contribution in [-0.2, 0) is 11.2 Å². The summed E-state index contributed by atoms with van der Waals surface area (Å²) in [5.41, 5.74) is 4.67. The highest BCUT2D eigenvalue weighted by molar-refractivity contribution is 5.91. The van der Waals surface area contributed by atoms with Crippen molar-refractivity contribution < 1.29 is 4.79 Å². The summed E-state index contributed by atoms with van der Waals surface area (Å²) >= 11 is 0. The van der Waals surface area contributed by atoms with Crippen molar-refractivity contribution in [2.24, 2.45) is 0 Å². The Labute approximate surface area is 126 Å². The van der Waals surface area contributed by atoms with Gasteiger partial charge in [0.25, 0.3) is 0 Å². The first kappa shape index (κ1) is 13.9. The van der Waals surface area contributed by atoms with Crippen LogP contribution in [0.4, 0.5) is 5.69 Å². The number of anilines is 1. The summed E-state index contributed by atoms with van der Waals surface area (Å²) in [5, 5.41) is 3.32. The Balaban J connectivity index is 1.73. The monoisotopic (exact) mass is 279 g/mol. The van der Waals surface area contributed by atoms with E-state index in [2.05, 4.69) is 49.5 Å². The lowest BCUT2D eigenvalue weighted by atomic mass is 9.92. The molecule has 2 nitrogen and oxygen atoms in total. The molecular weight excluding hydrogens is 258 g/mol. The fourth-order valence-electron chi connectivity index (χ4n) is 2.92. The van der Waals surface area contributed by atoms with Crippen LogP contribution >= 0.6 is 0 Å². The molecule has 0 radical (unpaired) electrons. The van der Waals surface area contributed by atoms with E-state index in [1.165, 1.54) is 5.56 Å². The Kier molecular flexibility index (Phi) is 3.78. The molecule has 3 rings (SSSR count). The van der Waals surface area contributed by atoms with Crippen LogP contribution in [0.15, 0.2) is 48.5 Å². The van der Waals surface area contributed by atoms with Gasteiger partial charge in [-0.25, -0.2) is 0 Å². The summed E-state index contributed by atoms with van der Waals surface area (Å²) < 4.78 is 0. The third-order valence-corrected chi connectivity index (χ3v) is 4.25. The lowest BCUT2D eigenvalue weighted by Gasteiger charge is -2.10. The third kappa shape index (κ3) is 2.85. The standard InChI is InChI=1S/C19H21NO/c1-13(2)15-9-7-14(8-10-15)11-19(21)17-12-20-18-6-4-3-5-16(17)18/h3-10,13,17,20H,11-12H2,1-2H3. The zero-order chi connectivity index (χ0) is 14.8. The molecule has 0 fully saturated rings. The molecule has 1 aliphatic rings. The van der Waals surface area contributed by atoms with Crippen LogP contribution in [0.1, 0.15) is 42.4 Å². The van der Waals surface area contributed by atoms with Gasteiger partial charge in [-0.1, -0.05) is 56.3 Å². The number of hydrogen-bond donors (Lipinski definition) is 1. The molecule has 1 N–H and O–H groups in total. The van der Waals surface area contributed by atoms with E-state index in [1.807, 2.05) is 18.2 Å². The second kappa shape index (κ2) is 5.72. The van der Waals surface area contributed by atoms with Crippen molar-refractivity contribution in [2.45, 2.75) is 32.1 Å². The highest BCUT2D eigenvalue weighted by Gasteiger charge is 2.27. The Morgan fingerprint density at radius 3 is 2.57 bits per heavy atom. The van der Waals surface area contributed by atoms with E-state index in [0.717, 1.165) is 23.4 Å². The van der Waals surface area contributed by atoms with Gasteiger partial charge in [0.1, 0.15) is 5.78 Å². The highest BCUT2D eigenvalue weighted by atomic mass is 16.1. The van der Waals surface area contributed by atoms with Crippen molar-refractivity contribution >= 4 is 11.5 Å². The van der Waals surface area contributed by atoms with Crippen LogP contribution in [0, 0.1) is 0 Å². The summed E-state index contributed by atoms with van der Waals surface area (Å²) in [6, 6.07) is 16.5. The summed E-state index contributed by atoms with van der Waals surface area (Å²) in [6.45, 7) is 5.09. The van der Waals surface area contributed by atoms with Gasteiger partial charge in [-0.05, 0) is 28.7 Å². The minimum atomic E-state index is -0.00836. The second-order valence-electron chi connectivity index (χ2n) is 6.06. The first-order chi connectivity index (χ1) is 10.1. The number of hydrogen-bond acceptors (Lipinski definition) is 2. The number of fused-ring (bicyclic) bond motifs is 1. The highest BCUT2D eigenvalue weighted by Crippen LogP contribution is 2.32. The fourth-order valence-corrected chi connectivity index (χ4v) is 2.92. The van der Waals surface area contributed by atoms with Gasteiger partial charge in [0.2, 0.25) is 0 Å². The number of ketones is 1. The molecule has 0 spiro atoms. The minimum absolute atomic E-state index is 0.00836. The Hall–Kier alpha value is -2.09. The normalized spacial score (nSPS) is 16.6. The maximum Gasteiger partial charge on any atom is 0.146 e. The number of carbonyl (C=O) groups is 1. The second-order valence-corrected chi connectivity index (χ2v) is 6.06. The van der Waals surface area contributed by atoms with Gasteiger partial charge in [-0.15, -0.1) is 0 Å². The van der Waals surface area contributed by atoms with Gasteiger partial charge in [0, 0.05) is 18.7 Å². The molecule has 0 saturated heterocycles. The van der Waals surface area contributed by atoms with Crippen molar-refractivity contribution in [3.8, 4) is 0 Å². The zero-order valence-corrected chi connectivity index (χ0v) is 12.6. The molecule has 2 heteroatoms. The molecule has 1 unspecified atom stereocenters. The maximum absolute atomic E-state index is 12.6. The van der Waals surface area contributed by atoms with Gasteiger partial charge in [0.15, 0.2) is 0 Å². The number of Topliss-reactive ketones (excluding diaryl/α,β-unsaturated/α-hetero) is 1. The molecule has 2 aromatic carbocycles. The first-order valence-electron chi connectivity index (χ1n) is 7.59. The van der Waals surface area contributed by atoms with E-state index in [4.69, 9.17) is 0 Å². The summed E-state index contributed by atoms with van der Waals surface area (Å²) in [7, 11) is 0. The number of nitrogens with one attached hydrogen (secondary N) is 1. The van der Waals surface area contributed by atoms with E-state index < -0.39 is 0 Å². The first-order valence-corrected chi connectivity index (χ1v) is 7.59. The average Bonchev–Trinajstić information content (AvgIpc) is 2.92. The SMILES string of the molecule is CC(C)c1ccc(CC(=O)C2CNc3ccccc32)cc1. The summed E-state index contributed by atoms with van der Waals surface area (Å²) in [5.74, 6) is 0.816. The molecule has 0 saturated carbocycles. The minimum Gasteiger partial charge on any atom is -0.384 e. The molecule has 0 aliphatic carbocycles. The molecule has 108 valence electrons. The Bertz CT molecular complexity index is 643. The topological polar surface area (TPSA) is 29.1 Å². The van der Waals surface area contributed by atoms with Crippen molar-refractivity contribution in [2.75, 3.05) is 11.9 Å². The van der Waals surface area contributed by atoms with Gasteiger partial charge >= 0.3 is 0 Å². The number of para-hydroxylation sites is 1. The van der Waals surface area contributed by atoms with Crippen LogP contribution in [0.3, 0.4) is 0 Å². The quantitative estimate of drug-likeness (QED) is 0.911. The van der Waals surface area contributed by atoms with E-state index in [9.17, 15) is 4.79 Å². The van der Waals surface area contributed by atoms with Gasteiger partial charge in [-0.3, -0.25) is 4.79 Å². The van der Waals surface area contributed by atoms with E-state index >= 15 is 0 Å². The van der Waals surface area contributed by atoms with Gasteiger partial charge < -0.3 is 5.32 Å². The molecular formula is C19H21NO. The number of benzene rings is 2. The molecule has 0 aromatic heterocycles. The molecule has 2 aromatic rings. The maximum atomic E-state index is 12.6. The predicted molar refractivity (Wildman–Crippen MR) is 86.9 cm³/mol. The van der Waals surface area contributed by atoms with Crippen LogP contribution in [0.25, 0.3) is 0 Å². The smallest absolute Gasteiger partial charge is 0.146 e. The predicted octanol–water partition coefficient (Wildman–Crippen LogP) is 4.13. The molecule has 0 bridgehead atoms. The van der Waals surface area contributed by atoms with Crippen molar-refractivity contribution in [1.29, 1.82) is 0 Å². The van der Waals surface area contributed by atoms with E-state index in [1.54, 1.807) is 0 Å². The van der Waals surface area contributed by atoms with E-state index in [-0.39, 0.29) is 5.92 Å². The molecule has 1 aliphatic heterocycles. The van der Waals surface area contributed by atoms with Crippen LogP contribution in [0.5, 0.6) is 0 Å². The van der Waals surface area contributed by atoms with Crippen LogP contribution in [-0.4, -0.2) is 12.3 Å². The Morgan fingerprint density at radius 1 is 1.14 bits per heavy atom. The van der Waals surface area contributed by atoms with Crippen molar-refractivity contribution in [1.82, 2.24) is 0 Å². The lowest BCUT2D eigenvalue weighted by molar-refractivity contribution is -0.119. The summed E-state index contributed by atoms with van der Waals surface area (Å²) in [4.78, 5) is 12.6. The van der Waals surface area contributed by atoms with Crippen molar-refractivity contribution in [3.63, 3.8) is 0 Å². The molecule has 21 heavy (non-hydrogen) atoms. The average molecular weight is 279 g/mol. The zero-order valence-electron chi connectivity index (χ0n) is 12.6. The lowest BCUT2D eigenvalue weighted by Crippen LogP contribution is -2.16. The molecule has 1 atom stereocenters. The van der Waals surface area contributed by atoms with Gasteiger partial charge in [-0.2, -0.15) is 0 Å². The molecule has 0 amide bonds. The van der Waals surface area contributed by atoms with Gasteiger partial charge in [0.05, 0.1) is 5.92 Å². The van der Waals surface area contributed by atoms with Crippen LogP contribution in [0.2, 0.25) is 0 Å². The summed E-state index contributed by atoms with van der Waals surface area (Å²) in [6.07, 6.45) is 0.513. The number of rotatable bonds is 4. The Morgan fingerprint density at radius 2 is 1.86 bits per heavy atom. The van der Waals surface area contributed by atoms with Crippen molar-refractivity contribution in [3.05, 3.63) is 65.2 Å². The van der Waals surface area contributed by atoms with Crippen LogP contribution < -0.4 is 5.32 Å². The van der Waals surface area contributed by atoms with E-state index in [0.29, 0.717) is 18.1 Å².